The van der Waals surface area contributed by atoms with E-state index in [-0.39, 0.29) is 5.91 Å². The molecule has 0 radical (unpaired) electrons. The average molecular weight is 347 g/mol. The van der Waals surface area contributed by atoms with Gasteiger partial charge in [0.05, 0.1) is 0 Å². The van der Waals surface area contributed by atoms with Crippen molar-refractivity contribution in [3.63, 3.8) is 0 Å². The largest absolute Gasteiger partial charge is 0.337 e. The number of likely N-dealkylation sites (tertiary alicyclic amines) is 1. The Morgan fingerprint density at radius 1 is 1.04 bits per heavy atom. The summed E-state index contributed by atoms with van der Waals surface area (Å²) in [6.07, 6.45) is 5.96. The zero-order valence-electron chi connectivity index (χ0n) is 14.6. The molecule has 26 heavy (non-hydrogen) atoms. The lowest BCUT2D eigenvalue weighted by atomic mass is 9.95. The normalized spacial score (nSPS) is 18.4. The smallest absolute Gasteiger partial charge is 0.273 e. The van der Waals surface area contributed by atoms with Crippen LogP contribution in [0.2, 0.25) is 0 Å². The van der Waals surface area contributed by atoms with Crippen LogP contribution in [0.5, 0.6) is 0 Å². The second-order valence-electron chi connectivity index (χ2n) is 7.30. The van der Waals surface area contributed by atoms with Crippen molar-refractivity contribution in [2.75, 3.05) is 13.1 Å². The second kappa shape index (κ2) is 6.20. The van der Waals surface area contributed by atoms with Crippen LogP contribution in [0.4, 0.5) is 0 Å². The molecule has 2 fully saturated rings. The van der Waals surface area contributed by atoms with Gasteiger partial charge in [0.2, 0.25) is 0 Å². The molecule has 2 aliphatic rings. The monoisotopic (exact) mass is 347 g/mol. The van der Waals surface area contributed by atoms with E-state index in [9.17, 15) is 4.79 Å². The quantitative estimate of drug-likeness (QED) is 0.789. The highest BCUT2D eigenvalue weighted by Gasteiger charge is 2.31. The Morgan fingerprint density at radius 2 is 1.85 bits per heavy atom. The molecule has 1 saturated carbocycles. The fourth-order valence-corrected chi connectivity index (χ4v) is 3.79. The number of benzene rings is 1. The van der Waals surface area contributed by atoms with Gasteiger partial charge >= 0.3 is 0 Å². The third-order valence-electron chi connectivity index (χ3n) is 5.51. The first kappa shape index (κ1) is 15.5. The molecule has 1 aromatic carbocycles. The number of H-pyrrole nitrogens is 1. The molecule has 0 spiro atoms. The first-order valence-corrected chi connectivity index (χ1v) is 9.35. The van der Waals surface area contributed by atoms with E-state index < -0.39 is 0 Å². The zero-order valence-corrected chi connectivity index (χ0v) is 14.6. The number of fused-ring (bicyclic) bond motifs is 1. The fraction of sp³-hybridized carbons (Fsp3) is 0.400. The van der Waals surface area contributed by atoms with Crippen LogP contribution in [0, 0.1) is 0 Å². The molecule has 6 heteroatoms. The SMILES string of the molecule is O=C(c1nccc2ccccc12)N1CCC(c2nc(C3CC3)n[nH]2)CC1. The molecule has 3 heterocycles. The summed E-state index contributed by atoms with van der Waals surface area (Å²) < 4.78 is 0. The van der Waals surface area contributed by atoms with Gasteiger partial charge in [-0.25, -0.2) is 4.98 Å². The summed E-state index contributed by atoms with van der Waals surface area (Å²) >= 11 is 0. The Kier molecular flexibility index (Phi) is 3.69. The van der Waals surface area contributed by atoms with E-state index >= 15 is 0 Å². The fourth-order valence-electron chi connectivity index (χ4n) is 3.79. The van der Waals surface area contributed by atoms with Gasteiger partial charge in [0.25, 0.3) is 5.91 Å². The number of hydrogen-bond donors (Lipinski definition) is 1. The predicted molar refractivity (Wildman–Crippen MR) is 98.0 cm³/mol. The van der Waals surface area contributed by atoms with Gasteiger partial charge in [-0.1, -0.05) is 24.3 Å². The van der Waals surface area contributed by atoms with E-state index in [0.717, 1.165) is 48.4 Å². The van der Waals surface area contributed by atoms with Gasteiger partial charge in [-0.05, 0) is 37.1 Å². The number of carbonyl (C=O) groups is 1. The Labute approximate surface area is 151 Å². The van der Waals surface area contributed by atoms with Gasteiger partial charge in [0, 0.05) is 36.5 Å². The summed E-state index contributed by atoms with van der Waals surface area (Å²) in [6.45, 7) is 1.46. The molecule has 0 unspecified atom stereocenters. The average Bonchev–Trinajstić information content (AvgIpc) is 3.44. The predicted octanol–water partition coefficient (Wildman–Crippen LogP) is 3.25. The molecule has 3 aromatic rings. The highest BCUT2D eigenvalue weighted by molar-refractivity contribution is 6.05. The van der Waals surface area contributed by atoms with Crippen LogP contribution >= 0.6 is 0 Å². The minimum atomic E-state index is 0.0245. The van der Waals surface area contributed by atoms with E-state index in [1.54, 1.807) is 6.20 Å². The van der Waals surface area contributed by atoms with Crippen molar-refractivity contribution in [1.29, 1.82) is 0 Å². The van der Waals surface area contributed by atoms with Gasteiger partial charge in [-0.3, -0.25) is 14.9 Å². The third kappa shape index (κ3) is 2.75. The molecular weight excluding hydrogens is 326 g/mol. The van der Waals surface area contributed by atoms with Crippen LogP contribution in [-0.2, 0) is 0 Å². The van der Waals surface area contributed by atoms with Crippen LogP contribution in [0.25, 0.3) is 10.8 Å². The first-order chi connectivity index (χ1) is 12.8. The molecule has 1 aliphatic heterocycles. The topological polar surface area (TPSA) is 74.8 Å². The number of nitrogens with one attached hydrogen (secondary N) is 1. The maximum atomic E-state index is 13.0. The molecule has 132 valence electrons. The van der Waals surface area contributed by atoms with Crippen LogP contribution in [-0.4, -0.2) is 44.1 Å². The van der Waals surface area contributed by atoms with Crippen molar-refractivity contribution in [1.82, 2.24) is 25.1 Å². The Balaban J connectivity index is 1.30. The lowest BCUT2D eigenvalue weighted by molar-refractivity contribution is 0.0707. The number of pyridine rings is 1. The number of amides is 1. The number of rotatable bonds is 3. The van der Waals surface area contributed by atoms with Crippen molar-refractivity contribution in [3.8, 4) is 0 Å². The molecule has 5 rings (SSSR count). The second-order valence-corrected chi connectivity index (χ2v) is 7.30. The molecule has 6 nitrogen and oxygen atoms in total. The van der Waals surface area contributed by atoms with Crippen molar-refractivity contribution in [2.24, 2.45) is 0 Å². The first-order valence-electron chi connectivity index (χ1n) is 9.35. The summed E-state index contributed by atoms with van der Waals surface area (Å²) in [5.41, 5.74) is 0.553. The van der Waals surface area contributed by atoms with Gasteiger partial charge in [-0.15, -0.1) is 0 Å². The molecule has 0 atom stereocenters. The number of aromatic amines is 1. The number of hydrogen-bond acceptors (Lipinski definition) is 4. The lowest BCUT2D eigenvalue weighted by Crippen LogP contribution is -2.38. The molecule has 2 aromatic heterocycles. The van der Waals surface area contributed by atoms with Crippen LogP contribution in [0.3, 0.4) is 0 Å². The number of aromatic nitrogens is 4. The highest BCUT2D eigenvalue weighted by Crippen LogP contribution is 2.38. The number of nitrogens with zero attached hydrogens (tertiary/aromatic N) is 4. The lowest BCUT2D eigenvalue weighted by Gasteiger charge is -2.31. The molecule has 0 bridgehead atoms. The van der Waals surface area contributed by atoms with Gasteiger partial charge < -0.3 is 4.90 Å². The maximum absolute atomic E-state index is 13.0. The van der Waals surface area contributed by atoms with Crippen molar-refractivity contribution in [3.05, 3.63) is 53.9 Å². The summed E-state index contributed by atoms with van der Waals surface area (Å²) in [7, 11) is 0. The Bertz CT molecular complexity index is 948. The highest BCUT2D eigenvalue weighted by atomic mass is 16.2. The number of piperidine rings is 1. The van der Waals surface area contributed by atoms with E-state index in [4.69, 9.17) is 0 Å². The van der Waals surface area contributed by atoms with Gasteiger partial charge in [0.1, 0.15) is 11.5 Å². The van der Waals surface area contributed by atoms with E-state index in [1.807, 2.05) is 35.2 Å². The summed E-state index contributed by atoms with van der Waals surface area (Å²) in [6, 6.07) is 9.86. The summed E-state index contributed by atoms with van der Waals surface area (Å²) in [5.74, 6) is 2.91. The molecule has 1 amide bonds. The van der Waals surface area contributed by atoms with Crippen molar-refractivity contribution >= 4 is 16.7 Å². The Morgan fingerprint density at radius 3 is 2.65 bits per heavy atom. The van der Waals surface area contributed by atoms with Crippen LogP contribution < -0.4 is 0 Å². The van der Waals surface area contributed by atoms with Gasteiger partial charge in [-0.2, -0.15) is 5.10 Å². The molecular formula is C20H21N5O. The van der Waals surface area contributed by atoms with Crippen molar-refractivity contribution < 1.29 is 4.79 Å². The van der Waals surface area contributed by atoms with Crippen molar-refractivity contribution in [2.45, 2.75) is 37.5 Å². The van der Waals surface area contributed by atoms with E-state index in [2.05, 4.69) is 20.2 Å². The Hall–Kier alpha value is -2.76. The maximum Gasteiger partial charge on any atom is 0.273 e. The minimum absolute atomic E-state index is 0.0245. The molecule has 1 N–H and O–H groups in total. The standard InChI is InChI=1S/C20H21N5O/c26-20(17-16-4-2-1-3-13(16)7-10-21-17)25-11-8-15(9-12-25)19-22-18(23-24-19)14-5-6-14/h1-4,7,10,14-15H,5-6,8-9,11-12H2,(H,22,23,24). The molecule has 1 aliphatic carbocycles. The zero-order chi connectivity index (χ0) is 17.5. The number of carbonyl (C=O) groups excluding carboxylic acids is 1. The van der Waals surface area contributed by atoms with E-state index in [0.29, 0.717) is 17.5 Å². The minimum Gasteiger partial charge on any atom is -0.337 e. The van der Waals surface area contributed by atoms with Gasteiger partial charge in [0.15, 0.2) is 5.82 Å². The molecule has 1 saturated heterocycles. The van der Waals surface area contributed by atoms with E-state index in [1.165, 1.54) is 12.8 Å². The third-order valence-corrected chi connectivity index (χ3v) is 5.51. The van der Waals surface area contributed by atoms with Crippen LogP contribution in [0.1, 0.15) is 59.7 Å². The van der Waals surface area contributed by atoms with Crippen LogP contribution in [0.15, 0.2) is 36.5 Å². The summed E-state index contributed by atoms with van der Waals surface area (Å²) in [5, 5.41) is 9.46. The summed E-state index contributed by atoms with van der Waals surface area (Å²) in [4.78, 5) is 24.0.